The lowest BCUT2D eigenvalue weighted by Crippen LogP contribution is -2.05. The van der Waals surface area contributed by atoms with Crippen LogP contribution in [0, 0.1) is 0 Å². The van der Waals surface area contributed by atoms with E-state index in [1.54, 1.807) is 0 Å². The number of carbonyl (C=O) groups excluding carboxylic acids is 1. The first kappa shape index (κ1) is 14.8. The minimum atomic E-state index is -0.288. The summed E-state index contributed by atoms with van der Waals surface area (Å²) in [6.07, 6.45) is 1.92. The molecule has 0 aliphatic rings. The molecule has 0 aliphatic carbocycles. The van der Waals surface area contributed by atoms with Crippen molar-refractivity contribution < 1.29 is 9.53 Å². The molecule has 0 atom stereocenters. The van der Waals surface area contributed by atoms with E-state index in [4.69, 9.17) is 4.74 Å². The lowest BCUT2D eigenvalue weighted by Gasteiger charge is -2.08. The molecule has 0 aliphatic heterocycles. The Kier molecular flexibility index (Phi) is 3.70. The van der Waals surface area contributed by atoms with E-state index < -0.39 is 0 Å². The molecule has 4 rings (SSSR count). The average Bonchev–Trinajstić information content (AvgIpc) is 3.20. The molecule has 0 saturated heterocycles. The van der Waals surface area contributed by atoms with Crippen LogP contribution in [-0.2, 0) is 4.74 Å². The summed E-state index contributed by atoms with van der Waals surface area (Å²) in [5.74, 6) is -0.288. The van der Waals surface area contributed by atoms with E-state index in [9.17, 15) is 4.79 Å². The second-order valence-electron chi connectivity index (χ2n) is 5.43. The molecule has 4 nitrogen and oxygen atoms in total. The fraction of sp³-hybridized carbons (Fsp3) is 0.105. The summed E-state index contributed by atoms with van der Waals surface area (Å²) in [6, 6.07) is 16.1. The molecule has 24 heavy (non-hydrogen) atoms. The molecular weight excluding hydrogens is 320 g/mol. The number of hydrogen-bond acceptors (Lipinski definition) is 4. The maximum absolute atomic E-state index is 12.3. The zero-order valence-corrected chi connectivity index (χ0v) is 13.9. The van der Waals surface area contributed by atoms with E-state index in [1.807, 2.05) is 55.6 Å². The summed E-state index contributed by atoms with van der Waals surface area (Å²) in [4.78, 5) is 16.1. The van der Waals surface area contributed by atoms with Crippen LogP contribution in [0.2, 0.25) is 0 Å². The fourth-order valence-electron chi connectivity index (χ4n) is 2.79. The zero-order chi connectivity index (χ0) is 16.5. The van der Waals surface area contributed by atoms with Crippen molar-refractivity contribution in [2.75, 3.05) is 11.9 Å². The van der Waals surface area contributed by atoms with Gasteiger partial charge in [0.15, 0.2) is 0 Å². The largest absolute Gasteiger partial charge is 0.462 e. The average molecular weight is 336 g/mol. The molecule has 2 heterocycles. The van der Waals surface area contributed by atoms with Crippen LogP contribution >= 0.6 is 11.3 Å². The number of ether oxygens (including phenoxy) is 1. The molecule has 5 heteroatoms. The van der Waals surface area contributed by atoms with Gasteiger partial charge in [-0.25, -0.2) is 4.79 Å². The molecule has 0 unspecified atom stereocenters. The standard InChI is InChI=1S/C19H16N2O2S/c1-2-23-19(22)18-17(14-5-3-4-6-16(14)24-18)21-13-7-8-15-12(11-13)9-10-20-15/h3-11,20-21H,2H2,1H3. The van der Waals surface area contributed by atoms with Gasteiger partial charge >= 0.3 is 5.97 Å². The van der Waals surface area contributed by atoms with Crippen molar-refractivity contribution in [1.29, 1.82) is 0 Å². The van der Waals surface area contributed by atoms with E-state index in [0.29, 0.717) is 11.5 Å². The van der Waals surface area contributed by atoms with Crippen molar-refractivity contribution in [1.82, 2.24) is 4.98 Å². The van der Waals surface area contributed by atoms with Crippen molar-refractivity contribution in [3.8, 4) is 0 Å². The van der Waals surface area contributed by atoms with Gasteiger partial charge in [0.25, 0.3) is 0 Å². The first-order valence-corrected chi connectivity index (χ1v) is 8.60. The number of anilines is 2. The fourth-order valence-corrected chi connectivity index (χ4v) is 3.84. The van der Waals surface area contributed by atoms with Gasteiger partial charge in [0.2, 0.25) is 0 Å². The van der Waals surface area contributed by atoms with Gasteiger partial charge in [-0.1, -0.05) is 18.2 Å². The second kappa shape index (κ2) is 6.02. The lowest BCUT2D eigenvalue weighted by atomic mass is 10.2. The van der Waals surface area contributed by atoms with Crippen molar-refractivity contribution in [3.63, 3.8) is 0 Å². The third kappa shape index (κ3) is 2.53. The van der Waals surface area contributed by atoms with Gasteiger partial charge in [0.05, 0.1) is 12.3 Å². The Morgan fingerprint density at radius 1 is 1.21 bits per heavy atom. The summed E-state index contributed by atoms with van der Waals surface area (Å²) < 4.78 is 6.28. The molecular formula is C19H16N2O2S. The van der Waals surface area contributed by atoms with Gasteiger partial charge in [-0.2, -0.15) is 0 Å². The molecule has 2 N–H and O–H groups in total. The Morgan fingerprint density at radius 2 is 2.08 bits per heavy atom. The number of aromatic amines is 1. The second-order valence-corrected chi connectivity index (χ2v) is 6.48. The summed E-state index contributed by atoms with van der Waals surface area (Å²) >= 11 is 1.45. The maximum atomic E-state index is 12.3. The Labute approximate surface area is 143 Å². The Balaban J connectivity index is 1.81. The van der Waals surface area contributed by atoms with Gasteiger partial charge in [-0.05, 0) is 37.3 Å². The molecule has 4 aromatic rings. The first-order valence-electron chi connectivity index (χ1n) is 7.79. The van der Waals surface area contributed by atoms with Gasteiger partial charge in [-0.15, -0.1) is 11.3 Å². The zero-order valence-electron chi connectivity index (χ0n) is 13.1. The number of esters is 1. The molecule has 2 aromatic heterocycles. The van der Waals surface area contributed by atoms with Crippen molar-refractivity contribution in [3.05, 3.63) is 59.6 Å². The third-order valence-electron chi connectivity index (χ3n) is 3.88. The topological polar surface area (TPSA) is 54.1 Å². The number of rotatable bonds is 4. The Bertz CT molecular complexity index is 1030. The molecule has 0 amide bonds. The normalized spacial score (nSPS) is 11.0. The number of hydrogen-bond donors (Lipinski definition) is 2. The van der Waals surface area contributed by atoms with Crippen LogP contribution in [0.3, 0.4) is 0 Å². The molecule has 0 radical (unpaired) electrons. The minimum absolute atomic E-state index is 0.288. The van der Waals surface area contributed by atoms with E-state index in [2.05, 4.69) is 16.4 Å². The Hall–Kier alpha value is -2.79. The minimum Gasteiger partial charge on any atom is -0.462 e. The van der Waals surface area contributed by atoms with Crippen LogP contribution < -0.4 is 5.32 Å². The number of nitrogens with one attached hydrogen (secondary N) is 2. The van der Waals surface area contributed by atoms with Crippen LogP contribution in [-0.4, -0.2) is 17.6 Å². The summed E-state index contributed by atoms with van der Waals surface area (Å²) in [7, 11) is 0. The SMILES string of the molecule is CCOC(=O)c1sc2ccccc2c1Nc1ccc2[nH]ccc2c1. The van der Waals surface area contributed by atoms with Gasteiger partial charge in [0, 0.05) is 32.9 Å². The van der Waals surface area contributed by atoms with Gasteiger partial charge in [-0.3, -0.25) is 0 Å². The van der Waals surface area contributed by atoms with E-state index in [1.165, 1.54) is 11.3 Å². The molecule has 0 bridgehead atoms. The Morgan fingerprint density at radius 3 is 2.96 bits per heavy atom. The first-order chi connectivity index (χ1) is 11.8. The van der Waals surface area contributed by atoms with Crippen LogP contribution in [0.1, 0.15) is 16.6 Å². The number of H-pyrrole nitrogens is 1. The summed E-state index contributed by atoms with van der Waals surface area (Å²) in [5, 5.41) is 5.56. The lowest BCUT2D eigenvalue weighted by molar-refractivity contribution is 0.0533. The predicted octanol–water partition coefficient (Wildman–Crippen LogP) is 5.30. The highest BCUT2D eigenvalue weighted by molar-refractivity contribution is 7.21. The molecule has 0 fully saturated rings. The number of aromatic nitrogens is 1. The highest BCUT2D eigenvalue weighted by Gasteiger charge is 2.19. The van der Waals surface area contributed by atoms with E-state index in [-0.39, 0.29) is 5.97 Å². The van der Waals surface area contributed by atoms with Crippen LogP contribution in [0.5, 0.6) is 0 Å². The number of fused-ring (bicyclic) bond motifs is 2. The van der Waals surface area contributed by atoms with Gasteiger partial charge in [0.1, 0.15) is 4.88 Å². The monoisotopic (exact) mass is 336 g/mol. The smallest absolute Gasteiger partial charge is 0.350 e. The van der Waals surface area contributed by atoms with E-state index >= 15 is 0 Å². The maximum Gasteiger partial charge on any atom is 0.350 e. The van der Waals surface area contributed by atoms with Crippen molar-refractivity contribution in [2.24, 2.45) is 0 Å². The van der Waals surface area contributed by atoms with Crippen molar-refractivity contribution in [2.45, 2.75) is 6.92 Å². The summed E-state index contributed by atoms with van der Waals surface area (Å²) in [6.45, 7) is 2.18. The highest BCUT2D eigenvalue weighted by Crippen LogP contribution is 2.38. The number of benzene rings is 2. The molecule has 120 valence electrons. The predicted molar refractivity (Wildman–Crippen MR) is 99.4 cm³/mol. The highest BCUT2D eigenvalue weighted by atomic mass is 32.1. The van der Waals surface area contributed by atoms with Crippen molar-refractivity contribution >= 4 is 49.7 Å². The number of carbonyl (C=O) groups is 1. The van der Waals surface area contributed by atoms with Crippen LogP contribution in [0.25, 0.3) is 21.0 Å². The third-order valence-corrected chi connectivity index (χ3v) is 5.03. The molecule has 0 spiro atoms. The molecule has 2 aromatic carbocycles. The quantitative estimate of drug-likeness (QED) is 0.497. The van der Waals surface area contributed by atoms with Gasteiger partial charge < -0.3 is 15.0 Å². The van der Waals surface area contributed by atoms with Crippen LogP contribution in [0.4, 0.5) is 11.4 Å². The van der Waals surface area contributed by atoms with E-state index in [0.717, 1.165) is 32.4 Å². The summed E-state index contributed by atoms with van der Waals surface area (Å²) in [5.41, 5.74) is 2.83. The van der Waals surface area contributed by atoms with Crippen LogP contribution in [0.15, 0.2) is 54.7 Å². The number of thiophene rings is 1. The molecule has 0 saturated carbocycles.